The summed E-state index contributed by atoms with van der Waals surface area (Å²) >= 11 is 0. The largest absolute Gasteiger partial charge is 0.488 e. The van der Waals surface area contributed by atoms with Crippen molar-refractivity contribution < 1.29 is 14.3 Å². The Hall–Kier alpha value is -2.69. The standard InChI is InChI=1S/C8H6O2.C7H8N2O/c9-4-6-2-1-3-7-5-10-8(6)7;1-5-6(7(8)10)3-2-4-9-5/h1-4H,5H2;2-4H,1H3,(H2,8,10). The molecular weight excluding hydrogens is 256 g/mol. The number of aromatic nitrogens is 1. The average Bonchev–Trinajstić information content (AvgIpc) is 2.41. The first-order valence-corrected chi connectivity index (χ1v) is 6.04. The normalized spacial score (nSPS) is 11.1. The summed E-state index contributed by atoms with van der Waals surface area (Å²) in [7, 11) is 0. The Labute approximate surface area is 116 Å². The van der Waals surface area contributed by atoms with E-state index in [4.69, 9.17) is 10.5 Å². The highest BCUT2D eigenvalue weighted by atomic mass is 16.5. The molecule has 5 nitrogen and oxygen atoms in total. The van der Waals surface area contributed by atoms with Crippen molar-refractivity contribution in [3.63, 3.8) is 0 Å². The number of hydrogen-bond acceptors (Lipinski definition) is 4. The molecule has 0 bridgehead atoms. The predicted octanol–water partition coefficient (Wildman–Crippen LogP) is 1.88. The van der Waals surface area contributed by atoms with Crippen molar-refractivity contribution in [2.75, 3.05) is 0 Å². The van der Waals surface area contributed by atoms with Gasteiger partial charge < -0.3 is 10.5 Å². The molecule has 3 rings (SSSR count). The minimum absolute atomic E-state index is 0.425. The molecule has 2 aromatic rings. The Morgan fingerprint density at radius 3 is 2.60 bits per heavy atom. The van der Waals surface area contributed by atoms with Gasteiger partial charge in [0.1, 0.15) is 12.4 Å². The van der Waals surface area contributed by atoms with Crippen molar-refractivity contribution in [2.45, 2.75) is 13.5 Å². The van der Waals surface area contributed by atoms with Crippen molar-refractivity contribution in [1.82, 2.24) is 4.98 Å². The van der Waals surface area contributed by atoms with Gasteiger partial charge >= 0.3 is 0 Å². The number of amides is 1. The number of para-hydroxylation sites is 1. The summed E-state index contributed by atoms with van der Waals surface area (Å²) in [6, 6.07) is 8.93. The zero-order chi connectivity index (χ0) is 14.5. The van der Waals surface area contributed by atoms with Gasteiger partial charge in [-0.3, -0.25) is 14.6 Å². The van der Waals surface area contributed by atoms with Crippen molar-refractivity contribution in [3.05, 3.63) is 58.9 Å². The lowest BCUT2D eigenvalue weighted by atomic mass is 10.1. The number of fused-ring (bicyclic) bond motifs is 1. The quantitative estimate of drug-likeness (QED) is 0.845. The van der Waals surface area contributed by atoms with Crippen LogP contribution in [-0.2, 0) is 6.61 Å². The van der Waals surface area contributed by atoms with Crippen LogP contribution in [0.4, 0.5) is 0 Å². The molecule has 2 N–H and O–H groups in total. The van der Waals surface area contributed by atoms with Crippen molar-refractivity contribution >= 4 is 12.2 Å². The molecule has 0 aliphatic carbocycles. The fraction of sp³-hybridized carbons (Fsp3) is 0.133. The zero-order valence-corrected chi connectivity index (χ0v) is 11.0. The van der Waals surface area contributed by atoms with E-state index in [1.807, 2.05) is 12.1 Å². The number of rotatable bonds is 2. The van der Waals surface area contributed by atoms with Crippen LogP contribution >= 0.6 is 0 Å². The van der Waals surface area contributed by atoms with Crippen LogP contribution in [0.15, 0.2) is 36.5 Å². The summed E-state index contributed by atoms with van der Waals surface area (Å²) in [4.78, 5) is 24.8. The Morgan fingerprint density at radius 2 is 2.15 bits per heavy atom. The van der Waals surface area contributed by atoms with Gasteiger partial charge in [0, 0.05) is 17.5 Å². The minimum atomic E-state index is -0.425. The molecule has 0 atom stereocenters. The number of aryl methyl sites for hydroxylation is 1. The summed E-state index contributed by atoms with van der Waals surface area (Å²) in [5.74, 6) is 0.336. The maximum absolute atomic E-state index is 10.6. The summed E-state index contributed by atoms with van der Waals surface area (Å²) < 4.78 is 5.07. The maximum atomic E-state index is 10.6. The van der Waals surface area contributed by atoms with E-state index in [1.54, 1.807) is 31.3 Å². The number of primary amides is 1. The van der Waals surface area contributed by atoms with Gasteiger partial charge in [0.25, 0.3) is 5.91 Å². The number of hydrogen-bond donors (Lipinski definition) is 1. The number of pyridine rings is 1. The Bertz CT molecular complexity index is 653. The number of ether oxygens (including phenoxy) is 1. The van der Waals surface area contributed by atoms with E-state index in [0.717, 1.165) is 17.6 Å². The highest BCUT2D eigenvalue weighted by Crippen LogP contribution is 2.31. The maximum Gasteiger partial charge on any atom is 0.250 e. The SMILES string of the molecule is Cc1ncccc1C(N)=O.O=Cc1cccc2c1OC2. The van der Waals surface area contributed by atoms with Crippen molar-refractivity contribution in [2.24, 2.45) is 5.73 Å². The fourth-order valence-corrected chi connectivity index (χ4v) is 1.80. The highest BCUT2D eigenvalue weighted by molar-refractivity contribution is 5.93. The Morgan fingerprint density at radius 1 is 1.35 bits per heavy atom. The van der Waals surface area contributed by atoms with Crippen molar-refractivity contribution in [3.8, 4) is 5.75 Å². The van der Waals surface area contributed by atoms with E-state index in [0.29, 0.717) is 23.4 Å². The fourth-order valence-electron chi connectivity index (χ4n) is 1.80. The van der Waals surface area contributed by atoms with Gasteiger partial charge in [-0.1, -0.05) is 12.1 Å². The summed E-state index contributed by atoms with van der Waals surface area (Å²) in [5, 5.41) is 0. The second-order valence-corrected chi connectivity index (χ2v) is 4.24. The molecule has 1 aliphatic heterocycles. The van der Waals surface area contributed by atoms with E-state index in [9.17, 15) is 9.59 Å². The molecule has 1 aliphatic rings. The second kappa shape index (κ2) is 5.97. The average molecular weight is 270 g/mol. The lowest BCUT2D eigenvalue weighted by Gasteiger charge is -2.20. The lowest BCUT2D eigenvalue weighted by Crippen LogP contribution is -2.12. The first-order chi connectivity index (χ1) is 9.63. The second-order valence-electron chi connectivity index (χ2n) is 4.24. The summed E-state index contributed by atoms with van der Waals surface area (Å²) in [5.41, 5.74) is 7.99. The van der Waals surface area contributed by atoms with Gasteiger partial charge in [-0.15, -0.1) is 0 Å². The number of carbonyl (C=O) groups excluding carboxylic acids is 2. The van der Waals surface area contributed by atoms with Crippen LogP contribution in [0.3, 0.4) is 0 Å². The third-order valence-corrected chi connectivity index (χ3v) is 2.90. The van der Waals surface area contributed by atoms with Gasteiger partial charge in [0.05, 0.1) is 11.1 Å². The van der Waals surface area contributed by atoms with E-state index in [2.05, 4.69) is 4.98 Å². The van der Waals surface area contributed by atoms with E-state index in [-0.39, 0.29) is 0 Å². The van der Waals surface area contributed by atoms with E-state index < -0.39 is 5.91 Å². The molecule has 102 valence electrons. The van der Waals surface area contributed by atoms with Gasteiger partial charge in [-0.25, -0.2) is 0 Å². The number of benzene rings is 1. The molecule has 0 unspecified atom stereocenters. The van der Waals surface area contributed by atoms with Gasteiger partial charge in [-0.2, -0.15) is 0 Å². The smallest absolute Gasteiger partial charge is 0.250 e. The van der Waals surface area contributed by atoms with Gasteiger partial charge in [-0.05, 0) is 25.1 Å². The topological polar surface area (TPSA) is 82.3 Å². The van der Waals surface area contributed by atoms with Crippen LogP contribution in [-0.4, -0.2) is 17.2 Å². The zero-order valence-electron chi connectivity index (χ0n) is 11.0. The summed E-state index contributed by atoms with van der Waals surface area (Å²) in [6.45, 7) is 2.40. The first kappa shape index (κ1) is 13.7. The molecule has 1 aromatic carbocycles. The highest BCUT2D eigenvalue weighted by Gasteiger charge is 2.17. The van der Waals surface area contributed by atoms with Gasteiger partial charge in [0.15, 0.2) is 6.29 Å². The molecular formula is C15H14N2O3. The van der Waals surface area contributed by atoms with Gasteiger partial charge in [0.2, 0.25) is 0 Å². The molecule has 2 heterocycles. The molecule has 0 radical (unpaired) electrons. The number of aldehydes is 1. The van der Waals surface area contributed by atoms with Crippen LogP contribution in [0, 0.1) is 6.92 Å². The van der Waals surface area contributed by atoms with Crippen LogP contribution in [0.2, 0.25) is 0 Å². The molecule has 1 amide bonds. The molecule has 0 spiro atoms. The lowest BCUT2D eigenvalue weighted by molar-refractivity contribution is 0.0998. The van der Waals surface area contributed by atoms with Crippen LogP contribution in [0.5, 0.6) is 5.75 Å². The minimum Gasteiger partial charge on any atom is -0.488 e. The number of carbonyl (C=O) groups is 2. The molecule has 1 aromatic heterocycles. The van der Waals surface area contributed by atoms with Crippen LogP contribution in [0.25, 0.3) is 0 Å². The third-order valence-electron chi connectivity index (χ3n) is 2.90. The molecule has 5 heteroatoms. The van der Waals surface area contributed by atoms with E-state index in [1.165, 1.54) is 0 Å². The number of nitrogens with two attached hydrogens (primary N) is 1. The monoisotopic (exact) mass is 270 g/mol. The third kappa shape index (κ3) is 2.83. The van der Waals surface area contributed by atoms with E-state index >= 15 is 0 Å². The Balaban J connectivity index is 0.000000147. The van der Waals surface area contributed by atoms with Crippen LogP contribution in [0.1, 0.15) is 32.0 Å². The summed E-state index contributed by atoms with van der Waals surface area (Å²) in [6.07, 6.45) is 2.44. The molecule has 0 saturated carbocycles. The predicted molar refractivity (Wildman–Crippen MR) is 73.7 cm³/mol. The number of nitrogens with zero attached hydrogens (tertiary/aromatic N) is 1. The molecule has 0 saturated heterocycles. The first-order valence-electron chi connectivity index (χ1n) is 6.04. The van der Waals surface area contributed by atoms with Crippen LogP contribution < -0.4 is 10.5 Å². The molecule has 20 heavy (non-hydrogen) atoms. The Kier molecular flexibility index (Phi) is 4.10. The van der Waals surface area contributed by atoms with Crippen molar-refractivity contribution in [1.29, 1.82) is 0 Å². The molecule has 0 fully saturated rings.